The molecule has 1 aromatic heterocycles. The van der Waals surface area contributed by atoms with Crippen LogP contribution in [-0.4, -0.2) is 16.1 Å². The Hall–Kier alpha value is -1.55. The summed E-state index contributed by atoms with van der Waals surface area (Å²) < 4.78 is 64.1. The van der Waals surface area contributed by atoms with Crippen molar-refractivity contribution in [3.63, 3.8) is 0 Å². The molecule has 10 heteroatoms. The molecule has 1 N–H and O–H groups in total. The highest BCUT2D eigenvalue weighted by atomic mass is 79.9. The average Bonchev–Trinajstić information content (AvgIpc) is 2.81. The summed E-state index contributed by atoms with van der Waals surface area (Å²) in [5, 5.41) is 8.40. The van der Waals surface area contributed by atoms with Crippen LogP contribution in [0.1, 0.15) is 15.4 Å². The fourth-order valence-corrected chi connectivity index (χ4v) is 3.06. The Bertz CT molecular complexity index is 728. The normalized spacial score (nSPS) is 11.7. The topological polar surface area (TPSA) is 50.2 Å². The number of aromatic nitrogens is 1. The summed E-state index contributed by atoms with van der Waals surface area (Å²) in [5.41, 5.74) is -1.75. The molecule has 0 radical (unpaired) electrons. The zero-order valence-electron chi connectivity index (χ0n) is 9.63. The van der Waals surface area contributed by atoms with Crippen LogP contribution in [-0.2, 0) is 6.18 Å². The van der Waals surface area contributed by atoms with Gasteiger partial charge in [-0.15, -0.1) is 11.3 Å². The van der Waals surface area contributed by atoms with Gasteiger partial charge in [0.25, 0.3) is 0 Å². The number of nitrogens with zero attached hydrogens (tertiary/aromatic N) is 1. The lowest BCUT2D eigenvalue weighted by Crippen LogP contribution is -2.11. The summed E-state index contributed by atoms with van der Waals surface area (Å²) in [6.45, 7) is 0. The van der Waals surface area contributed by atoms with Crippen molar-refractivity contribution in [2.45, 2.75) is 6.18 Å². The number of carbonyl (C=O) groups is 1. The molecule has 0 aliphatic heterocycles. The van der Waals surface area contributed by atoms with Gasteiger partial charge in [-0.1, -0.05) is 0 Å². The number of halogens is 6. The summed E-state index contributed by atoms with van der Waals surface area (Å²) in [7, 11) is 0. The number of alkyl halides is 3. The third kappa shape index (κ3) is 2.91. The molecule has 3 nitrogen and oxygen atoms in total. The van der Waals surface area contributed by atoms with E-state index in [0.29, 0.717) is 6.07 Å². The zero-order chi connectivity index (χ0) is 15.9. The van der Waals surface area contributed by atoms with Crippen molar-refractivity contribution >= 4 is 33.2 Å². The quantitative estimate of drug-likeness (QED) is 0.606. The molecule has 2 aromatic rings. The zero-order valence-corrected chi connectivity index (χ0v) is 12.0. The largest absolute Gasteiger partial charge is 0.477 e. The molecular weight excluding hydrogens is 385 g/mol. The van der Waals surface area contributed by atoms with Crippen LogP contribution in [0.25, 0.3) is 10.6 Å². The summed E-state index contributed by atoms with van der Waals surface area (Å²) in [4.78, 5) is 13.0. The molecule has 0 saturated carbocycles. The standard InChI is InChI=1S/C11H3BrF5NO2S/c12-5-3(1-2-4(13)6(5)14)9-18-8(11(15,16)17)7(21-9)10(19)20/h1-2H,(H,19,20). The van der Waals surface area contributed by atoms with Crippen LogP contribution in [0.4, 0.5) is 22.0 Å². The molecule has 1 aromatic carbocycles. The maximum absolute atomic E-state index is 13.4. The Balaban J connectivity index is 2.67. The van der Waals surface area contributed by atoms with Crippen molar-refractivity contribution < 1.29 is 31.9 Å². The molecule has 0 saturated heterocycles. The van der Waals surface area contributed by atoms with Gasteiger partial charge in [0.1, 0.15) is 9.88 Å². The first-order valence-electron chi connectivity index (χ1n) is 5.08. The van der Waals surface area contributed by atoms with Crippen LogP contribution < -0.4 is 0 Å². The van der Waals surface area contributed by atoms with E-state index in [2.05, 4.69) is 20.9 Å². The van der Waals surface area contributed by atoms with Crippen molar-refractivity contribution in [3.05, 3.63) is 38.8 Å². The van der Waals surface area contributed by atoms with Crippen molar-refractivity contribution in [3.8, 4) is 10.6 Å². The molecule has 112 valence electrons. The number of hydrogen-bond acceptors (Lipinski definition) is 3. The van der Waals surface area contributed by atoms with Gasteiger partial charge < -0.3 is 5.11 Å². The summed E-state index contributed by atoms with van der Waals surface area (Å²) in [6, 6.07) is 1.72. The second-order valence-corrected chi connectivity index (χ2v) is 5.51. The maximum Gasteiger partial charge on any atom is 0.435 e. The van der Waals surface area contributed by atoms with Crippen LogP contribution in [0.5, 0.6) is 0 Å². The molecule has 0 atom stereocenters. The van der Waals surface area contributed by atoms with Crippen molar-refractivity contribution in [2.24, 2.45) is 0 Å². The Morgan fingerprint density at radius 2 is 1.90 bits per heavy atom. The first-order valence-corrected chi connectivity index (χ1v) is 6.69. The molecule has 0 amide bonds. The van der Waals surface area contributed by atoms with Crippen molar-refractivity contribution in [1.82, 2.24) is 4.98 Å². The molecule has 21 heavy (non-hydrogen) atoms. The van der Waals surface area contributed by atoms with Crippen LogP contribution in [0, 0.1) is 11.6 Å². The van der Waals surface area contributed by atoms with E-state index in [1.807, 2.05) is 0 Å². The smallest absolute Gasteiger partial charge is 0.435 e. The monoisotopic (exact) mass is 387 g/mol. The van der Waals surface area contributed by atoms with Crippen LogP contribution >= 0.6 is 27.3 Å². The third-order valence-electron chi connectivity index (χ3n) is 2.36. The number of thiazole rings is 1. The lowest BCUT2D eigenvalue weighted by molar-refractivity contribution is -0.141. The van der Waals surface area contributed by atoms with Gasteiger partial charge >= 0.3 is 12.1 Å². The van der Waals surface area contributed by atoms with Crippen LogP contribution in [0.3, 0.4) is 0 Å². The molecule has 0 bridgehead atoms. The number of rotatable bonds is 2. The van der Waals surface area contributed by atoms with E-state index in [1.165, 1.54) is 0 Å². The van der Waals surface area contributed by atoms with E-state index >= 15 is 0 Å². The summed E-state index contributed by atoms with van der Waals surface area (Å²) in [5.74, 6) is -4.30. The van der Waals surface area contributed by atoms with Gasteiger partial charge in [0.2, 0.25) is 0 Å². The molecule has 0 aliphatic carbocycles. The predicted molar refractivity (Wildman–Crippen MR) is 67.1 cm³/mol. The van der Waals surface area contributed by atoms with Gasteiger partial charge in [0.05, 0.1) is 4.47 Å². The average molecular weight is 388 g/mol. The number of carboxylic acid groups (broad SMARTS) is 1. The number of carboxylic acids is 1. The fourth-order valence-electron chi connectivity index (χ4n) is 1.46. The van der Waals surface area contributed by atoms with Gasteiger partial charge in [0.15, 0.2) is 17.3 Å². The Morgan fingerprint density at radius 1 is 1.29 bits per heavy atom. The minimum absolute atomic E-state index is 0.170. The highest BCUT2D eigenvalue weighted by Crippen LogP contribution is 2.40. The van der Waals surface area contributed by atoms with Gasteiger partial charge in [-0.3, -0.25) is 0 Å². The van der Waals surface area contributed by atoms with Crippen molar-refractivity contribution in [2.75, 3.05) is 0 Å². The van der Waals surface area contributed by atoms with E-state index in [-0.39, 0.29) is 21.9 Å². The maximum atomic E-state index is 13.4. The number of hydrogen-bond donors (Lipinski definition) is 1. The second kappa shape index (κ2) is 5.34. The van der Waals surface area contributed by atoms with Crippen molar-refractivity contribution in [1.29, 1.82) is 0 Å². The fraction of sp³-hybridized carbons (Fsp3) is 0.0909. The lowest BCUT2D eigenvalue weighted by Gasteiger charge is -2.03. The van der Waals surface area contributed by atoms with E-state index < -0.39 is 38.8 Å². The summed E-state index contributed by atoms with van der Waals surface area (Å²) in [6.07, 6.45) is -4.96. The molecule has 0 aliphatic rings. The molecule has 1 heterocycles. The van der Waals surface area contributed by atoms with E-state index in [0.717, 1.165) is 6.07 Å². The third-order valence-corrected chi connectivity index (χ3v) is 4.21. The van der Waals surface area contributed by atoms with E-state index in [9.17, 15) is 26.7 Å². The molecule has 2 rings (SSSR count). The molecular formula is C11H3BrF5NO2S. The Morgan fingerprint density at radius 3 is 2.38 bits per heavy atom. The SMILES string of the molecule is O=C(O)c1sc(-c2ccc(F)c(F)c2Br)nc1C(F)(F)F. The van der Waals surface area contributed by atoms with Gasteiger partial charge in [-0.2, -0.15) is 13.2 Å². The van der Waals surface area contributed by atoms with Gasteiger partial charge in [0, 0.05) is 5.56 Å². The molecule has 0 unspecified atom stereocenters. The lowest BCUT2D eigenvalue weighted by atomic mass is 10.2. The van der Waals surface area contributed by atoms with Gasteiger partial charge in [-0.05, 0) is 28.1 Å². The van der Waals surface area contributed by atoms with E-state index in [1.54, 1.807) is 0 Å². The highest BCUT2D eigenvalue weighted by molar-refractivity contribution is 9.10. The summed E-state index contributed by atoms with van der Waals surface area (Å²) >= 11 is 2.94. The van der Waals surface area contributed by atoms with E-state index in [4.69, 9.17) is 5.11 Å². The predicted octanol–water partition coefficient (Wildman–Crippen LogP) is 4.57. The first-order chi connectivity index (χ1) is 9.62. The Kier molecular flexibility index (Phi) is 4.02. The number of benzene rings is 1. The first kappa shape index (κ1) is 15.8. The second-order valence-electron chi connectivity index (χ2n) is 3.72. The Labute approximate surface area is 126 Å². The molecule has 0 spiro atoms. The van der Waals surface area contributed by atoms with Crippen LogP contribution in [0.15, 0.2) is 16.6 Å². The van der Waals surface area contributed by atoms with Gasteiger partial charge in [-0.25, -0.2) is 18.6 Å². The number of aromatic carboxylic acids is 1. The minimum atomic E-state index is -4.96. The molecule has 0 fully saturated rings. The minimum Gasteiger partial charge on any atom is -0.477 e. The van der Waals surface area contributed by atoms with Crippen LogP contribution in [0.2, 0.25) is 0 Å². The highest BCUT2D eigenvalue weighted by Gasteiger charge is 2.40.